The highest BCUT2D eigenvalue weighted by Crippen LogP contribution is 2.41. The van der Waals surface area contributed by atoms with Crippen molar-refractivity contribution in [2.75, 3.05) is 18.5 Å². The Balaban J connectivity index is 1.92. The number of anilines is 1. The van der Waals surface area contributed by atoms with E-state index in [1.807, 2.05) is 0 Å². The van der Waals surface area contributed by atoms with Crippen LogP contribution in [0.2, 0.25) is 0 Å². The molecule has 104 valence electrons. The maximum atomic E-state index is 12.7. The van der Waals surface area contributed by atoms with Crippen LogP contribution in [0.15, 0.2) is 18.2 Å². The molecule has 5 heteroatoms. The topological polar surface area (TPSA) is 21.3 Å². The van der Waals surface area contributed by atoms with E-state index in [4.69, 9.17) is 4.74 Å². The smallest absolute Gasteiger partial charge is 0.385 e. The Hall–Kier alpha value is -1.23. The second-order valence-corrected chi connectivity index (χ2v) is 5.17. The first-order valence-electron chi connectivity index (χ1n) is 6.62. The highest BCUT2D eigenvalue weighted by Gasteiger charge is 2.34. The first-order chi connectivity index (χ1) is 9.05. The standard InChI is InChI=1S/C14H16F3NO/c15-14(16,17)9-3-4-10-11(13-2-1-7-19-13)5-6-18-12(10)8-9/h3-4,8,11,13,18H,1-2,5-7H2. The number of halogens is 3. The molecular formula is C14H16F3NO. The lowest BCUT2D eigenvalue weighted by Gasteiger charge is -2.31. The lowest BCUT2D eigenvalue weighted by Crippen LogP contribution is -2.26. The number of ether oxygens (including phenoxy) is 1. The van der Waals surface area contributed by atoms with E-state index in [1.54, 1.807) is 6.07 Å². The van der Waals surface area contributed by atoms with Gasteiger partial charge in [0.1, 0.15) is 0 Å². The molecule has 1 N–H and O–H groups in total. The third kappa shape index (κ3) is 2.43. The molecule has 0 aromatic heterocycles. The van der Waals surface area contributed by atoms with E-state index in [9.17, 15) is 13.2 Å². The zero-order chi connectivity index (χ0) is 13.5. The summed E-state index contributed by atoms with van der Waals surface area (Å²) in [5, 5.41) is 3.07. The Kier molecular flexibility index (Phi) is 3.17. The minimum Gasteiger partial charge on any atom is -0.385 e. The van der Waals surface area contributed by atoms with Crippen molar-refractivity contribution in [3.05, 3.63) is 29.3 Å². The van der Waals surface area contributed by atoms with Crippen LogP contribution in [0.3, 0.4) is 0 Å². The second-order valence-electron chi connectivity index (χ2n) is 5.17. The van der Waals surface area contributed by atoms with Crippen LogP contribution in [0, 0.1) is 0 Å². The van der Waals surface area contributed by atoms with E-state index < -0.39 is 11.7 Å². The number of fused-ring (bicyclic) bond motifs is 1. The summed E-state index contributed by atoms with van der Waals surface area (Å²) in [6.45, 7) is 1.48. The van der Waals surface area contributed by atoms with Crippen LogP contribution in [0.25, 0.3) is 0 Å². The first-order valence-corrected chi connectivity index (χ1v) is 6.62. The van der Waals surface area contributed by atoms with Gasteiger partial charge in [0.25, 0.3) is 0 Å². The number of rotatable bonds is 1. The molecule has 2 nitrogen and oxygen atoms in total. The molecule has 1 fully saturated rings. The lowest BCUT2D eigenvalue weighted by atomic mass is 9.85. The molecule has 2 aliphatic rings. The fourth-order valence-electron chi connectivity index (χ4n) is 3.03. The maximum absolute atomic E-state index is 12.7. The SMILES string of the molecule is FC(F)(F)c1ccc2c(c1)NCCC2C1CCCO1. The predicted molar refractivity (Wildman–Crippen MR) is 66.3 cm³/mol. The predicted octanol–water partition coefficient (Wildman–Crippen LogP) is 3.78. The van der Waals surface area contributed by atoms with Gasteiger partial charge in [0.05, 0.1) is 11.7 Å². The fraction of sp³-hybridized carbons (Fsp3) is 0.571. The van der Waals surface area contributed by atoms with Crippen molar-refractivity contribution in [1.29, 1.82) is 0 Å². The normalized spacial score (nSPS) is 26.9. The van der Waals surface area contributed by atoms with Gasteiger partial charge in [0, 0.05) is 24.8 Å². The number of hydrogen-bond donors (Lipinski definition) is 1. The Morgan fingerprint density at radius 3 is 2.74 bits per heavy atom. The largest absolute Gasteiger partial charge is 0.416 e. The minimum absolute atomic E-state index is 0.164. The van der Waals surface area contributed by atoms with E-state index in [0.29, 0.717) is 12.2 Å². The van der Waals surface area contributed by atoms with E-state index in [1.165, 1.54) is 12.1 Å². The van der Waals surface area contributed by atoms with E-state index >= 15 is 0 Å². The first kappa shape index (κ1) is 12.8. The Morgan fingerprint density at radius 1 is 1.21 bits per heavy atom. The molecule has 3 rings (SSSR count). The molecule has 2 heterocycles. The Bertz CT molecular complexity index is 466. The van der Waals surface area contributed by atoms with Crippen LogP contribution in [0.4, 0.5) is 18.9 Å². The van der Waals surface area contributed by atoms with E-state index in [-0.39, 0.29) is 12.0 Å². The van der Waals surface area contributed by atoms with E-state index in [2.05, 4.69) is 5.32 Å². The molecule has 0 amide bonds. The van der Waals surface area contributed by atoms with Crippen LogP contribution in [-0.4, -0.2) is 19.3 Å². The van der Waals surface area contributed by atoms with Gasteiger partial charge in [0.15, 0.2) is 0 Å². The Labute approximate surface area is 109 Å². The zero-order valence-corrected chi connectivity index (χ0v) is 10.5. The number of alkyl halides is 3. The summed E-state index contributed by atoms with van der Waals surface area (Å²) in [6, 6.07) is 4.00. The van der Waals surface area contributed by atoms with Crippen molar-refractivity contribution in [3.63, 3.8) is 0 Å². The van der Waals surface area contributed by atoms with Crippen molar-refractivity contribution in [2.45, 2.75) is 37.5 Å². The molecule has 1 aromatic rings. The van der Waals surface area contributed by atoms with Gasteiger partial charge in [-0.15, -0.1) is 0 Å². The summed E-state index contributed by atoms with van der Waals surface area (Å²) in [5.74, 6) is 0.223. The third-order valence-corrected chi connectivity index (χ3v) is 3.96. The molecule has 0 aliphatic carbocycles. The quantitative estimate of drug-likeness (QED) is 0.839. The van der Waals surface area contributed by atoms with Crippen molar-refractivity contribution in [3.8, 4) is 0 Å². The molecule has 0 bridgehead atoms. The summed E-state index contributed by atoms with van der Waals surface area (Å²) in [4.78, 5) is 0. The van der Waals surface area contributed by atoms with Crippen molar-refractivity contribution < 1.29 is 17.9 Å². The monoisotopic (exact) mass is 271 g/mol. The van der Waals surface area contributed by atoms with Gasteiger partial charge >= 0.3 is 6.18 Å². The lowest BCUT2D eigenvalue weighted by molar-refractivity contribution is -0.137. The highest BCUT2D eigenvalue weighted by atomic mass is 19.4. The van der Waals surface area contributed by atoms with Gasteiger partial charge in [0.2, 0.25) is 0 Å². The summed E-state index contributed by atoms with van der Waals surface area (Å²) in [7, 11) is 0. The highest BCUT2D eigenvalue weighted by molar-refractivity contribution is 5.57. The van der Waals surface area contributed by atoms with Gasteiger partial charge in [-0.05, 0) is 37.0 Å². The number of hydrogen-bond acceptors (Lipinski definition) is 2. The van der Waals surface area contributed by atoms with Gasteiger partial charge in [-0.2, -0.15) is 13.2 Å². The van der Waals surface area contributed by atoms with Crippen LogP contribution in [0.5, 0.6) is 0 Å². The van der Waals surface area contributed by atoms with Crippen molar-refractivity contribution in [2.24, 2.45) is 0 Å². The summed E-state index contributed by atoms with van der Waals surface area (Å²) < 4.78 is 43.8. The molecule has 0 spiro atoms. The van der Waals surface area contributed by atoms with Crippen LogP contribution >= 0.6 is 0 Å². The Morgan fingerprint density at radius 2 is 2.05 bits per heavy atom. The van der Waals surface area contributed by atoms with Gasteiger partial charge in [-0.25, -0.2) is 0 Å². The zero-order valence-electron chi connectivity index (χ0n) is 10.5. The molecule has 1 saturated heterocycles. The molecule has 0 radical (unpaired) electrons. The van der Waals surface area contributed by atoms with E-state index in [0.717, 1.165) is 31.4 Å². The third-order valence-electron chi connectivity index (χ3n) is 3.96. The van der Waals surface area contributed by atoms with Gasteiger partial charge in [-0.1, -0.05) is 6.07 Å². The maximum Gasteiger partial charge on any atom is 0.416 e. The average Bonchev–Trinajstić information content (AvgIpc) is 2.90. The van der Waals surface area contributed by atoms with Gasteiger partial charge < -0.3 is 10.1 Å². The van der Waals surface area contributed by atoms with Gasteiger partial charge in [-0.3, -0.25) is 0 Å². The molecule has 2 aliphatic heterocycles. The van der Waals surface area contributed by atoms with Crippen LogP contribution in [-0.2, 0) is 10.9 Å². The average molecular weight is 271 g/mol. The van der Waals surface area contributed by atoms with Crippen LogP contribution in [0.1, 0.15) is 36.3 Å². The van der Waals surface area contributed by atoms with Crippen molar-refractivity contribution >= 4 is 5.69 Å². The molecule has 1 aromatic carbocycles. The summed E-state index contributed by atoms with van der Waals surface area (Å²) >= 11 is 0. The van der Waals surface area contributed by atoms with Crippen molar-refractivity contribution in [1.82, 2.24) is 0 Å². The molecular weight excluding hydrogens is 255 g/mol. The molecule has 2 unspecified atom stereocenters. The summed E-state index contributed by atoms with van der Waals surface area (Å²) in [6.07, 6.45) is -1.15. The second kappa shape index (κ2) is 4.71. The minimum atomic E-state index is -4.28. The molecule has 2 atom stereocenters. The number of nitrogens with one attached hydrogen (secondary N) is 1. The molecule has 19 heavy (non-hydrogen) atoms. The summed E-state index contributed by atoms with van der Waals surface area (Å²) in [5.41, 5.74) is 0.986. The number of benzene rings is 1. The van der Waals surface area contributed by atoms with Crippen LogP contribution < -0.4 is 5.32 Å². The molecule has 0 saturated carbocycles. The fourth-order valence-corrected chi connectivity index (χ4v) is 3.03.